The number of hydrogen-bond acceptors (Lipinski definition) is 16. The molecule has 4 saturated heterocycles. The summed E-state index contributed by atoms with van der Waals surface area (Å²) in [6, 6.07) is 28.8. The maximum atomic E-state index is 13.1. The van der Waals surface area contributed by atoms with Crippen molar-refractivity contribution >= 4 is 79.6 Å². The minimum absolute atomic E-state index is 0.0868. The van der Waals surface area contributed by atoms with Crippen molar-refractivity contribution in [3.63, 3.8) is 0 Å². The normalized spacial score (nSPS) is 16.5. The van der Waals surface area contributed by atoms with Crippen LogP contribution in [0, 0.1) is 0 Å². The average molecular weight is 1130 g/mol. The Morgan fingerprint density at radius 2 is 1.24 bits per heavy atom. The Hall–Kier alpha value is -8.96. The highest BCUT2D eigenvalue weighted by atomic mass is 35.5. The van der Waals surface area contributed by atoms with Crippen molar-refractivity contribution in [2.24, 2.45) is 0 Å². The van der Waals surface area contributed by atoms with Crippen molar-refractivity contribution in [3.8, 4) is 22.8 Å². The third-order valence-electron chi connectivity index (χ3n) is 15.7. The zero-order chi connectivity index (χ0) is 56.1. The molecule has 0 atom stereocenters. The molecule has 0 bridgehead atoms. The smallest absolute Gasteiger partial charge is 0.324 e. The van der Waals surface area contributed by atoms with Gasteiger partial charge in [-0.15, -0.1) is 0 Å². The van der Waals surface area contributed by atoms with Gasteiger partial charge in [0.05, 0.1) is 67.2 Å². The number of aromatic amines is 1. The van der Waals surface area contributed by atoms with Gasteiger partial charge in [0, 0.05) is 118 Å². The number of amides is 3. The fraction of sp³-hybridized carbons (Fsp3) is 0.317. The van der Waals surface area contributed by atoms with Crippen LogP contribution in [0.3, 0.4) is 0 Å². The van der Waals surface area contributed by atoms with E-state index in [1.54, 1.807) is 36.7 Å². The van der Waals surface area contributed by atoms with E-state index in [2.05, 4.69) is 80.3 Å². The molecule has 3 N–H and O–H groups in total. The van der Waals surface area contributed by atoms with E-state index in [9.17, 15) is 9.59 Å². The lowest BCUT2D eigenvalue weighted by atomic mass is 10.0. The van der Waals surface area contributed by atoms with Crippen molar-refractivity contribution in [3.05, 3.63) is 151 Å². The van der Waals surface area contributed by atoms with E-state index >= 15 is 0 Å². The quantitative estimate of drug-likeness (QED) is 0.103. The van der Waals surface area contributed by atoms with E-state index in [4.69, 9.17) is 51.2 Å². The van der Waals surface area contributed by atoms with Crippen molar-refractivity contribution < 1.29 is 19.1 Å². The van der Waals surface area contributed by atoms with Crippen LogP contribution in [0.2, 0.25) is 5.15 Å². The highest BCUT2D eigenvalue weighted by Crippen LogP contribution is 2.35. The number of carbonyl (C=O) groups is 2. The molecule has 4 fully saturated rings. The van der Waals surface area contributed by atoms with E-state index in [1.165, 1.54) is 5.56 Å². The Bertz CT molecular complexity index is 3870. The number of rotatable bonds is 11. The summed E-state index contributed by atoms with van der Waals surface area (Å²) in [7, 11) is 0. The van der Waals surface area contributed by atoms with Crippen molar-refractivity contribution in [2.45, 2.75) is 44.3 Å². The first-order valence-electron chi connectivity index (χ1n) is 28.2. The first-order valence-corrected chi connectivity index (χ1v) is 28.6. The highest BCUT2D eigenvalue weighted by molar-refractivity contribution is 6.32. The molecular weight excluding hydrogens is 1070 g/mol. The van der Waals surface area contributed by atoms with Crippen molar-refractivity contribution in [1.29, 1.82) is 0 Å². The number of aromatic nitrogens is 12. The van der Waals surface area contributed by atoms with Gasteiger partial charge in [0.15, 0.2) is 22.9 Å². The summed E-state index contributed by atoms with van der Waals surface area (Å²) in [4.78, 5) is 70.3. The van der Waals surface area contributed by atoms with E-state index in [1.807, 2.05) is 77.0 Å². The molecule has 14 rings (SSSR count). The Labute approximate surface area is 482 Å². The second-order valence-corrected chi connectivity index (χ2v) is 21.3. The first kappa shape index (κ1) is 53.4. The van der Waals surface area contributed by atoms with Gasteiger partial charge in [-0.05, 0) is 110 Å². The van der Waals surface area contributed by atoms with Crippen LogP contribution in [0.4, 0.5) is 27.9 Å². The average Bonchev–Trinajstić information content (AvgIpc) is 3.63. The first-order chi connectivity index (χ1) is 40.8. The van der Waals surface area contributed by atoms with Gasteiger partial charge in [-0.3, -0.25) is 20.0 Å². The lowest BCUT2D eigenvalue weighted by Gasteiger charge is -2.32. The van der Waals surface area contributed by atoms with Crippen LogP contribution in [-0.2, 0) is 16.0 Å². The summed E-state index contributed by atoms with van der Waals surface area (Å²) in [6.45, 7) is 9.79. The summed E-state index contributed by atoms with van der Waals surface area (Å²) < 4.78 is 15.4. The molecule has 10 aromatic rings. The molecule has 8 aromatic heterocycles. The summed E-state index contributed by atoms with van der Waals surface area (Å²) in [5, 5.41) is 18.5. The second kappa shape index (κ2) is 24.2. The maximum Gasteiger partial charge on any atom is 0.324 e. The molecule has 422 valence electrons. The number of ether oxygens (including phenoxy) is 2. The molecule has 0 unspecified atom stereocenters. The summed E-state index contributed by atoms with van der Waals surface area (Å²) in [5.74, 6) is 3.46. The van der Waals surface area contributed by atoms with Crippen molar-refractivity contribution in [1.82, 2.24) is 69.2 Å². The summed E-state index contributed by atoms with van der Waals surface area (Å²) in [5.41, 5.74) is 6.88. The van der Waals surface area contributed by atoms with Crippen LogP contribution in [0.25, 0.3) is 55.7 Å². The van der Waals surface area contributed by atoms with Gasteiger partial charge in [0.2, 0.25) is 0 Å². The molecule has 23 heteroatoms. The number of fused-ring (bicyclic) bond motifs is 3. The molecule has 3 amide bonds. The lowest BCUT2D eigenvalue weighted by Crippen LogP contribution is -2.39. The zero-order valence-corrected chi connectivity index (χ0v) is 46.4. The zero-order valence-electron chi connectivity index (χ0n) is 45.6. The number of benzene rings is 2. The molecule has 0 radical (unpaired) electrons. The summed E-state index contributed by atoms with van der Waals surface area (Å²) in [6.07, 6.45) is 16.2. The van der Waals surface area contributed by atoms with Gasteiger partial charge < -0.3 is 34.5 Å². The number of pyridine rings is 3. The predicted octanol–water partition coefficient (Wildman–Crippen LogP) is 8.94. The number of likely N-dealkylation sites (tertiary alicyclic amines) is 2. The number of piperidine rings is 2. The number of morpholine rings is 2. The Morgan fingerprint density at radius 1 is 0.614 bits per heavy atom. The number of nitrogens with zero attached hydrogens (tertiary/aromatic N) is 15. The van der Waals surface area contributed by atoms with Crippen LogP contribution in [0.1, 0.15) is 53.7 Å². The number of hydrogen-bond donors (Lipinski definition) is 3. The molecule has 0 saturated carbocycles. The number of nitrogens with one attached hydrogen (secondary N) is 3. The number of halogens is 1. The van der Waals surface area contributed by atoms with E-state index in [0.29, 0.717) is 68.2 Å². The Balaban J connectivity index is 0.000000156. The number of anilines is 4. The minimum atomic E-state index is -0.362. The molecule has 12 heterocycles. The van der Waals surface area contributed by atoms with Crippen LogP contribution in [0.5, 0.6) is 0 Å². The molecule has 2 aromatic carbocycles. The fourth-order valence-corrected chi connectivity index (χ4v) is 11.6. The van der Waals surface area contributed by atoms with Crippen LogP contribution in [0.15, 0.2) is 134 Å². The monoisotopic (exact) mass is 1130 g/mol. The van der Waals surface area contributed by atoms with Gasteiger partial charge in [-0.1, -0.05) is 23.7 Å². The molecular formula is C60H61ClN18O4. The van der Waals surface area contributed by atoms with Gasteiger partial charge in [0.25, 0.3) is 5.91 Å². The van der Waals surface area contributed by atoms with E-state index in [-0.39, 0.29) is 29.2 Å². The largest absolute Gasteiger partial charge is 0.378 e. The molecule has 4 aliphatic rings. The molecule has 22 nitrogen and oxygen atoms in total. The summed E-state index contributed by atoms with van der Waals surface area (Å²) >= 11 is 6.18. The lowest BCUT2D eigenvalue weighted by molar-refractivity contribution is 0.0691. The molecule has 0 aliphatic carbocycles. The number of H-pyrrole nitrogens is 1. The maximum absolute atomic E-state index is 13.1. The van der Waals surface area contributed by atoms with E-state index < -0.39 is 0 Å². The van der Waals surface area contributed by atoms with Crippen LogP contribution in [-0.4, -0.2) is 160 Å². The van der Waals surface area contributed by atoms with Gasteiger partial charge in [-0.25, -0.2) is 44.1 Å². The van der Waals surface area contributed by atoms with Gasteiger partial charge in [0.1, 0.15) is 22.6 Å². The topological polar surface area (TPSA) is 231 Å². The minimum Gasteiger partial charge on any atom is -0.378 e. The standard InChI is InChI=1S/C32H34N10O2.C28H27ClN8O2/c43-32(37-28-5-1-2-13-34-28)36-25-8-6-24(7-9-25)29-38-30(41-16-18-44-19-17-41)27-21-35-42(31(27)39-29)26-10-14-40(15-11-26)22-23-4-3-12-33-20-23;29-24-21(2-1-8-31-24)28(38)36-10-6-20(7-11-36)37-27-22(17-32-37)26(35-12-14-39-15-13-35)33-25(34-27)19-3-4-23-18(16-19)5-9-30-23/h1-9,12-13,20-21,26H,10-11,14-19,22H2,(H2,34,36,37,43);1-5,8-9,16-17,20,30H,6-7,10-15H2. The van der Waals surface area contributed by atoms with Crippen LogP contribution < -0.4 is 20.4 Å². The van der Waals surface area contributed by atoms with E-state index in [0.717, 1.165) is 127 Å². The van der Waals surface area contributed by atoms with Crippen LogP contribution >= 0.6 is 11.6 Å². The van der Waals surface area contributed by atoms with Crippen molar-refractivity contribution in [2.75, 3.05) is 99.2 Å². The number of carbonyl (C=O) groups excluding carboxylic acids is 2. The van der Waals surface area contributed by atoms with Gasteiger partial charge >= 0.3 is 6.03 Å². The second-order valence-electron chi connectivity index (χ2n) is 21.0. The molecule has 0 spiro atoms. The SMILES string of the molecule is O=C(Nc1ccc(-c2nc(N3CCOCC3)c3cnn(C4CCN(Cc5cccnc5)CC4)c3n2)cc1)Nc1ccccn1.O=C(c1cccnc1Cl)N1CCC(n2ncc3c(N4CCOCC4)nc(-c4ccc5[nH]ccc5c4)nc32)CC1. The third-order valence-corrected chi connectivity index (χ3v) is 16.0. The fourth-order valence-electron chi connectivity index (χ4n) is 11.4. The molecule has 4 aliphatic heterocycles. The number of urea groups is 1. The Kier molecular flexibility index (Phi) is 15.6. The third kappa shape index (κ3) is 11.8. The molecule has 83 heavy (non-hydrogen) atoms. The Morgan fingerprint density at radius 3 is 1.87 bits per heavy atom. The highest BCUT2D eigenvalue weighted by Gasteiger charge is 2.30. The predicted molar refractivity (Wildman–Crippen MR) is 318 cm³/mol. The van der Waals surface area contributed by atoms with Gasteiger partial charge in [-0.2, -0.15) is 10.2 Å².